The molecule has 0 aromatic carbocycles. The molecule has 0 atom stereocenters. The van der Waals surface area contributed by atoms with Gasteiger partial charge in [-0.3, -0.25) is 4.99 Å². The molecule has 4 nitrogen and oxygen atoms in total. The lowest BCUT2D eigenvalue weighted by molar-refractivity contribution is 0.479. The van der Waals surface area contributed by atoms with Crippen LogP contribution in [0.4, 0.5) is 0 Å². The highest BCUT2D eigenvalue weighted by molar-refractivity contribution is 7.09. The minimum absolute atomic E-state index is 0.135. The predicted molar refractivity (Wildman–Crippen MR) is 84.2 cm³/mol. The van der Waals surface area contributed by atoms with Crippen LogP contribution in [0, 0.1) is 0 Å². The zero-order chi connectivity index (χ0) is 14.6. The third kappa shape index (κ3) is 4.82. The third-order valence-electron chi connectivity index (χ3n) is 2.70. The summed E-state index contributed by atoms with van der Waals surface area (Å²) in [5, 5.41) is 3.34. The quantitative estimate of drug-likeness (QED) is 0.630. The van der Waals surface area contributed by atoms with Gasteiger partial charge >= 0.3 is 0 Å². The Kier molecular flexibility index (Phi) is 5.35. The molecule has 0 spiro atoms. The molecule has 0 fully saturated rings. The Morgan fingerprint density at radius 1 is 1.21 bits per heavy atom. The van der Waals surface area contributed by atoms with Gasteiger partial charge in [-0.05, 0) is 0 Å². The molecule has 0 unspecified atom stereocenters. The Hall–Kier alpha value is -1.10. The maximum Gasteiger partial charge on any atom is 0.195 e. The van der Waals surface area contributed by atoms with E-state index >= 15 is 0 Å². The summed E-state index contributed by atoms with van der Waals surface area (Å²) >= 11 is 1.74. The SMILES string of the molecule is CN(C)C(=NCCc1nc(C(C)(C)C)cs1)N(C)C. The van der Waals surface area contributed by atoms with Crippen LogP contribution in [-0.2, 0) is 11.8 Å². The molecule has 0 aliphatic rings. The van der Waals surface area contributed by atoms with E-state index in [1.807, 2.05) is 38.0 Å². The number of thiazole rings is 1. The van der Waals surface area contributed by atoms with Crippen LogP contribution in [-0.4, -0.2) is 55.5 Å². The Balaban J connectivity index is 2.62. The molecular formula is C14H26N4S. The highest BCUT2D eigenvalue weighted by atomic mass is 32.1. The topological polar surface area (TPSA) is 31.7 Å². The maximum absolute atomic E-state index is 4.69. The molecule has 1 rings (SSSR count). The number of rotatable bonds is 3. The summed E-state index contributed by atoms with van der Waals surface area (Å²) < 4.78 is 0. The van der Waals surface area contributed by atoms with Gasteiger partial charge in [-0.15, -0.1) is 11.3 Å². The minimum atomic E-state index is 0.135. The van der Waals surface area contributed by atoms with Gasteiger partial charge in [0.2, 0.25) is 0 Å². The molecule has 0 N–H and O–H groups in total. The molecule has 0 aliphatic heterocycles. The maximum atomic E-state index is 4.69. The van der Waals surface area contributed by atoms with Crippen molar-refractivity contribution in [1.29, 1.82) is 0 Å². The first-order valence-corrected chi connectivity index (χ1v) is 7.43. The van der Waals surface area contributed by atoms with Crippen molar-refractivity contribution in [3.8, 4) is 0 Å². The average molecular weight is 282 g/mol. The van der Waals surface area contributed by atoms with Gasteiger partial charge in [-0.1, -0.05) is 20.8 Å². The molecule has 1 heterocycles. The molecule has 0 amide bonds. The minimum Gasteiger partial charge on any atom is -0.349 e. The highest BCUT2D eigenvalue weighted by Crippen LogP contribution is 2.23. The van der Waals surface area contributed by atoms with Crippen molar-refractivity contribution >= 4 is 17.3 Å². The smallest absolute Gasteiger partial charge is 0.195 e. The van der Waals surface area contributed by atoms with Gasteiger partial charge in [-0.25, -0.2) is 4.98 Å². The number of nitrogens with zero attached hydrogens (tertiary/aromatic N) is 4. The second kappa shape index (κ2) is 6.37. The molecular weight excluding hydrogens is 256 g/mol. The fourth-order valence-electron chi connectivity index (χ4n) is 1.70. The van der Waals surface area contributed by atoms with Crippen LogP contribution >= 0.6 is 11.3 Å². The lowest BCUT2D eigenvalue weighted by Gasteiger charge is -2.22. The van der Waals surface area contributed by atoms with Gasteiger partial charge in [-0.2, -0.15) is 0 Å². The van der Waals surface area contributed by atoms with Crippen molar-refractivity contribution in [2.75, 3.05) is 34.7 Å². The molecule has 0 bridgehead atoms. The highest BCUT2D eigenvalue weighted by Gasteiger charge is 2.17. The molecule has 0 radical (unpaired) electrons. The third-order valence-corrected chi connectivity index (χ3v) is 3.61. The van der Waals surface area contributed by atoms with E-state index in [0.29, 0.717) is 0 Å². The van der Waals surface area contributed by atoms with Gasteiger partial charge in [0.15, 0.2) is 5.96 Å². The normalized spacial score (nSPS) is 11.3. The molecule has 1 aromatic heterocycles. The first-order chi connectivity index (χ1) is 8.71. The Labute approximate surface area is 121 Å². The average Bonchev–Trinajstić information content (AvgIpc) is 2.71. The van der Waals surface area contributed by atoms with E-state index in [4.69, 9.17) is 4.98 Å². The van der Waals surface area contributed by atoms with Gasteiger partial charge < -0.3 is 9.80 Å². The zero-order valence-electron chi connectivity index (χ0n) is 13.2. The van der Waals surface area contributed by atoms with E-state index in [1.54, 1.807) is 11.3 Å². The standard InChI is InChI=1S/C14H26N4S/c1-14(2,3)11-10-19-12(16-11)8-9-15-13(17(4)5)18(6)7/h10H,8-9H2,1-7H3. The Bertz CT molecular complexity index is 417. The second-order valence-electron chi connectivity index (χ2n) is 6.10. The van der Waals surface area contributed by atoms with E-state index in [1.165, 1.54) is 10.7 Å². The summed E-state index contributed by atoms with van der Waals surface area (Å²) in [4.78, 5) is 13.4. The summed E-state index contributed by atoms with van der Waals surface area (Å²) in [7, 11) is 8.06. The van der Waals surface area contributed by atoms with Crippen LogP contribution in [0.15, 0.2) is 10.4 Å². The Morgan fingerprint density at radius 3 is 2.21 bits per heavy atom. The second-order valence-corrected chi connectivity index (χ2v) is 7.04. The number of aliphatic imine (C=N–C) groups is 1. The van der Waals surface area contributed by atoms with E-state index in [0.717, 1.165) is 18.9 Å². The summed E-state index contributed by atoms with van der Waals surface area (Å²) in [6, 6.07) is 0. The predicted octanol–water partition coefficient (Wildman–Crippen LogP) is 2.46. The largest absolute Gasteiger partial charge is 0.349 e. The first-order valence-electron chi connectivity index (χ1n) is 6.56. The van der Waals surface area contributed by atoms with Crippen molar-refractivity contribution in [2.24, 2.45) is 4.99 Å². The van der Waals surface area contributed by atoms with Gasteiger partial charge in [0, 0.05) is 52.0 Å². The molecule has 0 saturated carbocycles. The van der Waals surface area contributed by atoms with Crippen LogP contribution in [0.25, 0.3) is 0 Å². The van der Waals surface area contributed by atoms with Crippen LogP contribution in [0.5, 0.6) is 0 Å². The monoisotopic (exact) mass is 282 g/mol. The van der Waals surface area contributed by atoms with Crippen molar-refractivity contribution in [3.05, 3.63) is 16.1 Å². The summed E-state index contributed by atoms with van der Waals surface area (Å²) in [5.74, 6) is 0.993. The molecule has 1 aromatic rings. The number of hydrogen-bond acceptors (Lipinski definition) is 3. The molecule has 108 valence electrons. The molecule has 19 heavy (non-hydrogen) atoms. The Morgan fingerprint density at radius 2 is 1.79 bits per heavy atom. The van der Waals surface area contributed by atoms with Gasteiger partial charge in [0.1, 0.15) is 0 Å². The van der Waals surface area contributed by atoms with Crippen LogP contribution < -0.4 is 0 Å². The van der Waals surface area contributed by atoms with E-state index in [2.05, 4.69) is 31.1 Å². The molecule has 0 aliphatic carbocycles. The van der Waals surface area contributed by atoms with E-state index in [9.17, 15) is 0 Å². The lowest BCUT2D eigenvalue weighted by atomic mass is 9.93. The fraction of sp³-hybridized carbons (Fsp3) is 0.714. The van der Waals surface area contributed by atoms with E-state index < -0.39 is 0 Å². The summed E-state index contributed by atoms with van der Waals surface area (Å²) in [6.45, 7) is 7.36. The van der Waals surface area contributed by atoms with Crippen LogP contribution in [0.2, 0.25) is 0 Å². The summed E-state index contributed by atoms with van der Waals surface area (Å²) in [5.41, 5.74) is 1.31. The summed E-state index contributed by atoms with van der Waals surface area (Å²) in [6.07, 6.45) is 0.909. The fourth-order valence-corrected chi connectivity index (χ4v) is 2.72. The van der Waals surface area contributed by atoms with Crippen molar-refractivity contribution < 1.29 is 0 Å². The van der Waals surface area contributed by atoms with Crippen LogP contribution in [0.1, 0.15) is 31.5 Å². The van der Waals surface area contributed by atoms with Gasteiger partial charge in [0.05, 0.1) is 10.7 Å². The van der Waals surface area contributed by atoms with Gasteiger partial charge in [0.25, 0.3) is 0 Å². The molecule has 0 saturated heterocycles. The van der Waals surface area contributed by atoms with Crippen LogP contribution in [0.3, 0.4) is 0 Å². The van der Waals surface area contributed by atoms with Crippen molar-refractivity contribution in [3.63, 3.8) is 0 Å². The lowest BCUT2D eigenvalue weighted by Crippen LogP contribution is -2.35. The molecule has 5 heteroatoms. The number of guanidine groups is 1. The van der Waals surface area contributed by atoms with Crippen molar-refractivity contribution in [2.45, 2.75) is 32.6 Å². The van der Waals surface area contributed by atoms with E-state index in [-0.39, 0.29) is 5.41 Å². The number of aromatic nitrogens is 1. The first kappa shape index (κ1) is 16.0. The number of hydrogen-bond donors (Lipinski definition) is 0. The zero-order valence-corrected chi connectivity index (χ0v) is 14.0. The van der Waals surface area contributed by atoms with Crippen molar-refractivity contribution in [1.82, 2.24) is 14.8 Å².